The minimum absolute atomic E-state index is 0.0348. The monoisotopic (exact) mass is 312 g/mol. The topological polar surface area (TPSA) is 49.4 Å². The maximum Gasteiger partial charge on any atom is 0.249 e. The second kappa shape index (κ2) is 6.59. The molecule has 0 aromatic rings. The zero-order valence-electron chi connectivity index (χ0n) is 13.6. The lowest BCUT2D eigenvalue weighted by Gasteiger charge is -2.48. The largest absolute Gasteiger partial charge is 0.340 e. The van der Waals surface area contributed by atoms with Gasteiger partial charge in [-0.1, -0.05) is 27.2 Å². The average molecular weight is 312 g/mol. The summed E-state index contributed by atoms with van der Waals surface area (Å²) in [6.45, 7) is 5.98. The summed E-state index contributed by atoms with van der Waals surface area (Å²) < 4.78 is 0. The summed E-state index contributed by atoms with van der Waals surface area (Å²) in [6.07, 6.45) is 7.48. The Balaban J connectivity index is 2.37. The van der Waals surface area contributed by atoms with Crippen LogP contribution in [0.4, 0.5) is 0 Å². The molecule has 120 valence electrons. The fraction of sp³-hybridized carbons (Fsp3) is 0.875. The highest BCUT2D eigenvalue weighted by molar-refractivity contribution is 7.99. The molecule has 0 aromatic heterocycles. The molecule has 1 aliphatic heterocycles. The molecule has 2 aliphatic rings. The van der Waals surface area contributed by atoms with Gasteiger partial charge in [-0.15, -0.1) is 0 Å². The molecule has 0 aromatic carbocycles. The Kier molecular flexibility index (Phi) is 5.23. The first-order valence-electron chi connectivity index (χ1n) is 8.22. The number of hydrogen-bond donors (Lipinski definition) is 1. The zero-order chi connectivity index (χ0) is 15.6. The lowest BCUT2D eigenvalue weighted by molar-refractivity contribution is -0.158. The second-order valence-electron chi connectivity index (χ2n) is 6.19. The summed E-state index contributed by atoms with van der Waals surface area (Å²) in [7, 11) is 0. The fourth-order valence-corrected chi connectivity index (χ4v) is 4.86. The summed E-state index contributed by atoms with van der Waals surface area (Å²) in [4.78, 5) is 27.7. The van der Waals surface area contributed by atoms with Gasteiger partial charge >= 0.3 is 0 Å². The van der Waals surface area contributed by atoms with Crippen molar-refractivity contribution in [2.75, 3.05) is 6.26 Å². The van der Waals surface area contributed by atoms with Crippen LogP contribution in [0, 0.1) is 0 Å². The first kappa shape index (κ1) is 16.7. The molecular formula is C16H28N2O2S. The van der Waals surface area contributed by atoms with Crippen LogP contribution < -0.4 is 5.32 Å². The van der Waals surface area contributed by atoms with E-state index in [1.807, 2.05) is 37.4 Å². The van der Waals surface area contributed by atoms with Crippen molar-refractivity contribution in [1.29, 1.82) is 0 Å². The third kappa shape index (κ3) is 2.69. The predicted octanol–water partition coefficient (Wildman–Crippen LogP) is 2.57. The minimum atomic E-state index is -0.686. The van der Waals surface area contributed by atoms with E-state index in [0.29, 0.717) is 24.5 Å². The van der Waals surface area contributed by atoms with Crippen molar-refractivity contribution in [3.63, 3.8) is 0 Å². The van der Waals surface area contributed by atoms with Crippen LogP contribution in [0.25, 0.3) is 0 Å². The first-order chi connectivity index (χ1) is 10.0. The molecule has 1 N–H and O–H groups in total. The van der Waals surface area contributed by atoms with Crippen molar-refractivity contribution in [3.8, 4) is 0 Å². The Morgan fingerprint density at radius 1 is 1.24 bits per heavy atom. The summed E-state index contributed by atoms with van der Waals surface area (Å²) in [5, 5.41) is 3.50. The van der Waals surface area contributed by atoms with E-state index in [9.17, 15) is 9.59 Å². The predicted molar refractivity (Wildman–Crippen MR) is 87.3 cm³/mol. The van der Waals surface area contributed by atoms with Gasteiger partial charge in [0.15, 0.2) is 0 Å². The number of carbonyl (C=O) groups is 2. The van der Waals surface area contributed by atoms with Gasteiger partial charge in [-0.05, 0) is 38.4 Å². The Bertz CT molecular complexity index is 409. The van der Waals surface area contributed by atoms with E-state index in [1.54, 1.807) is 0 Å². The molecule has 2 amide bonds. The third-order valence-electron chi connectivity index (χ3n) is 5.32. The molecule has 2 fully saturated rings. The molecule has 3 unspecified atom stereocenters. The maximum absolute atomic E-state index is 13.2. The van der Waals surface area contributed by atoms with Gasteiger partial charge in [-0.3, -0.25) is 9.59 Å². The summed E-state index contributed by atoms with van der Waals surface area (Å²) in [5.74, 6) is 0.178. The van der Waals surface area contributed by atoms with E-state index < -0.39 is 5.54 Å². The van der Waals surface area contributed by atoms with E-state index in [-0.39, 0.29) is 23.9 Å². The van der Waals surface area contributed by atoms with E-state index >= 15 is 0 Å². The van der Waals surface area contributed by atoms with Crippen LogP contribution in [0.5, 0.6) is 0 Å². The number of amides is 2. The van der Waals surface area contributed by atoms with Crippen LogP contribution in [0.1, 0.15) is 59.3 Å². The summed E-state index contributed by atoms with van der Waals surface area (Å²) >= 11 is 1.84. The maximum atomic E-state index is 13.2. The highest BCUT2D eigenvalue weighted by Gasteiger charge is 2.52. The molecule has 0 bridgehead atoms. The van der Waals surface area contributed by atoms with Crippen molar-refractivity contribution in [2.24, 2.45) is 0 Å². The Morgan fingerprint density at radius 3 is 2.43 bits per heavy atom. The van der Waals surface area contributed by atoms with Crippen LogP contribution in [-0.4, -0.2) is 45.8 Å². The number of nitrogens with zero attached hydrogens (tertiary/aromatic N) is 1. The molecular weight excluding hydrogens is 284 g/mol. The van der Waals surface area contributed by atoms with Crippen molar-refractivity contribution in [3.05, 3.63) is 0 Å². The SMILES string of the molecule is CCC1C(=O)NC(CC)(CC)C(=O)N1C1CCCC1SC. The van der Waals surface area contributed by atoms with Gasteiger partial charge in [-0.25, -0.2) is 0 Å². The van der Waals surface area contributed by atoms with Gasteiger partial charge in [0.1, 0.15) is 11.6 Å². The van der Waals surface area contributed by atoms with Crippen LogP contribution in [0.15, 0.2) is 0 Å². The lowest BCUT2D eigenvalue weighted by Crippen LogP contribution is -2.72. The zero-order valence-corrected chi connectivity index (χ0v) is 14.5. The van der Waals surface area contributed by atoms with E-state index in [2.05, 4.69) is 11.6 Å². The number of piperazine rings is 1. The van der Waals surface area contributed by atoms with Crippen LogP contribution in [0.2, 0.25) is 0 Å². The highest BCUT2D eigenvalue weighted by Crippen LogP contribution is 2.37. The van der Waals surface area contributed by atoms with E-state index in [1.165, 1.54) is 0 Å². The molecule has 5 heteroatoms. The van der Waals surface area contributed by atoms with Crippen LogP contribution in [0.3, 0.4) is 0 Å². The van der Waals surface area contributed by atoms with Gasteiger partial charge in [0.2, 0.25) is 11.8 Å². The summed E-state index contributed by atoms with van der Waals surface area (Å²) in [5.41, 5.74) is -0.686. The molecule has 3 atom stereocenters. The molecule has 2 rings (SSSR count). The number of carbonyl (C=O) groups excluding carboxylic acids is 2. The van der Waals surface area contributed by atoms with E-state index in [4.69, 9.17) is 0 Å². The van der Waals surface area contributed by atoms with Crippen LogP contribution in [-0.2, 0) is 9.59 Å². The smallest absolute Gasteiger partial charge is 0.249 e. The van der Waals surface area contributed by atoms with Gasteiger partial charge in [0.25, 0.3) is 0 Å². The van der Waals surface area contributed by atoms with Crippen molar-refractivity contribution in [1.82, 2.24) is 10.2 Å². The van der Waals surface area contributed by atoms with E-state index in [0.717, 1.165) is 19.3 Å². The van der Waals surface area contributed by atoms with Crippen LogP contribution >= 0.6 is 11.8 Å². The molecule has 21 heavy (non-hydrogen) atoms. The Labute approximate surface area is 132 Å². The Morgan fingerprint density at radius 2 is 1.90 bits per heavy atom. The number of thioether (sulfide) groups is 1. The second-order valence-corrected chi connectivity index (χ2v) is 7.26. The molecule has 1 saturated carbocycles. The van der Waals surface area contributed by atoms with Gasteiger partial charge in [0, 0.05) is 11.3 Å². The molecule has 1 aliphatic carbocycles. The molecule has 4 nitrogen and oxygen atoms in total. The molecule has 0 radical (unpaired) electrons. The summed E-state index contributed by atoms with van der Waals surface area (Å²) in [6, 6.07) is -0.0672. The van der Waals surface area contributed by atoms with Crippen molar-refractivity contribution in [2.45, 2.75) is 82.2 Å². The van der Waals surface area contributed by atoms with Gasteiger partial charge in [-0.2, -0.15) is 11.8 Å². The lowest BCUT2D eigenvalue weighted by atomic mass is 9.85. The first-order valence-corrected chi connectivity index (χ1v) is 9.51. The molecule has 0 spiro atoms. The Hall–Kier alpha value is -0.710. The standard InChI is InChI=1S/C16H28N2O2S/c1-5-11-14(19)17-16(6-2,7-3)15(20)18(11)12-9-8-10-13(12)21-4/h11-13H,5-10H2,1-4H3,(H,17,19). The highest BCUT2D eigenvalue weighted by atomic mass is 32.2. The normalized spacial score (nSPS) is 32.4. The van der Waals surface area contributed by atoms with Crippen molar-refractivity contribution >= 4 is 23.6 Å². The number of hydrogen-bond acceptors (Lipinski definition) is 3. The average Bonchev–Trinajstić information content (AvgIpc) is 2.96. The molecule has 1 heterocycles. The minimum Gasteiger partial charge on any atom is -0.340 e. The number of rotatable bonds is 5. The number of nitrogens with one attached hydrogen (secondary N) is 1. The fourth-order valence-electron chi connectivity index (χ4n) is 3.88. The van der Waals surface area contributed by atoms with Gasteiger partial charge in [0.05, 0.1) is 0 Å². The quantitative estimate of drug-likeness (QED) is 0.849. The third-order valence-corrected chi connectivity index (χ3v) is 6.47. The van der Waals surface area contributed by atoms with Gasteiger partial charge < -0.3 is 10.2 Å². The molecule has 1 saturated heterocycles. The van der Waals surface area contributed by atoms with Crippen molar-refractivity contribution < 1.29 is 9.59 Å².